The van der Waals surface area contributed by atoms with E-state index in [9.17, 15) is 12.8 Å². The van der Waals surface area contributed by atoms with Gasteiger partial charge in [-0.2, -0.15) is 0 Å². The van der Waals surface area contributed by atoms with Crippen LogP contribution in [0.15, 0.2) is 53.4 Å². The van der Waals surface area contributed by atoms with Crippen LogP contribution in [-0.4, -0.2) is 14.5 Å². The molecule has 0 heterocycles. The first-order valence-electron chi connectivity index (χ1n) is 7.96. The lowest BCUT2D eigenvalue weighted by Gasteiger charge is -2.29. The number of rotatable bonds is 6. The van der Waals surface area contributed by atoms with Crippen molar-refractivity contribution in [3.8, 4) is 0 Å². The van der Waals surface area contributed by atoms with E-state index in [1.54, 1.807) is 6.92 Å². The molecule has 1 N–H and O–H groups in total. The number of sulfonamides is 1. The third-order valence-corrected chi connectivity index (χ3v) is 5.90. The molecule has 130 valence electrons. The summed E-state index contributed by atoms with van der Waals surface area (Å²) in [5.41, 5.74) is 1.40. The van der Waals surface area contributed by atoms with Crippen molar-refractivity contribution in [1.29, 1.82) is 0 Å². The molecule has 2 aromatic carbocycles. The van der Waals surface area contributed by atoms with Gasteiger partial charge in [0, 0.05) is 6.04 Å². The zero-order chi connectivity index (χ0) is 18.0. The van der Waals surface area contributed by atoms with Crippen molar-refractivity contribution in [1.82, 2.24) is 4.72 Å². The van der Waals surface area contributed by atoms with Gasteiger partial charge in [0.15, 0.2) is 0 Å². The standard InChI is InChI=1S/C19H24FNO2S/c1-14-12-17(20)10-11-18(14)24(22,23)21-15(2)13-19(3,4)16-8-6-5-7-9-16/h5-12,15,21H,13H2,1-4H3/t15-/m1/s1. The molecular formula is C19H24FNO2S. The summed E-state index contributed by atoms with van der Waals surface area (Å²) < 4.78 is 41.0. The Hall–Kier alpha value is -1.72. The van der Waals surface area contributed by atoms with Gasteiger partial charge in [-0.3, -0.25) is 0 Å². The average Bonchev–Trinajstić information content (AvgIpc) is 2.46. The van der Waals surface area contributed by atoms with E-state index in [-0.39, 0.29) is 16.4 Å². The van der Waals surface area contributed by atoms with Gasteiger partial charge < -0.3 is 0 Å². The van der Waals surface area contributed by atoms with Crippen LogP contribution in [0.4, 0.5) is 4.39 Å². The van der Waals surface area contributed by atoms with Gasteiger partial charge in [0.1, 0.15) is 5.82 Å². The Labute approximate surface area is 144 Å². The minimum atomic E-state index is -3.68. The first-order valence-corrected chi connectivity index (χ1v) is 9.44. The molecule has 5 heteroatoms. The summed E-state index contributed by atoms with van der Waals surface area (Å²) in [4.78, 5) is 0.119. The van der Waals surface area contributed by atoms with Crippen LogP contribution >= 0.6 is 0 Å². The maximum Gasteiger partial charge on any atom is 0.241 e. The van der Waals surface area contributed by atoms with E-state index in [1.807, 2.05) is 37.3 Å². The zero-order valence-electron chi connectivity index (χ0n) is 14.5. The topological polar surface area (TPSA) is 46.2 Å². The highest BCUT2D eigenvalue weighted by atomic mass is 32.2. The number of hydrogen-bond acceptors (Lipinski definition) is 2. The van der Waals surface area contributed by atoms with Crippen LogP contribution < -0.4 is 4.72 Å². The fourth-order valence-corrected chi connectivity index (χ4v) is 4.53. The summed E-state index contributed by atoms with van der Waals surface area (Å²) in [5.74, 6) is -0.440. The van der Waals surface area contributed by atoms with Crippen LogP contribution in [0, 0.1) is 12.7 Å². The van der Waals surface area contributed by atoms with Crippen molar-refractivity contribution in [3.05, 3.63) is 65.5 Å². The van der Waals surface area contributed by atoms with Crippen LogP contribution in [0.5, 0.6) is 0 Å². The summed E-state index contributed by atoms with van der Waals surface area (Å²) in [5, 5.41) is 0. The Bertz CT molecular complexity index is 801. The number of nitrogens with one attached hydrogen (secondary N) is 1. The minimum Gasteiger partial charge on any atom is -0.208 e. The summed E-state index contributed by atoms with van der Waals surface area (Å²) in [6.07, 6.45) is 0.649. The molecule has 0 bridgehead atoms. The maximum atomic E-state index is 13.2. The average molecular weight is 349 g/mol. The molecule has 3 nitrogen and oxygen atoms in total. The second kappa shape index (κ2) is 7.03. The predicted molar refractivity (Wildman–Crippen MR) is 95.0 cm³/mol. The predicted octanol–water partition coefficient (Wildman–Crippen LogP) is 4.17. The van der Waals surface area contributed by atoms with Gasteiger partial charge in [0.25, 0.3) is 0 Å². The van der Waals surface area contributed by atoms with Gasteiger partial charge in [-0.05, 0) is 55.0 Å². The Kier molecular flexibility index (Phi) is 5.45. The lowest BCUT2D eigenvalue weighted by Crippen LogP contribution is -2.37. The summed E-state index contributed by atoms with van der Waals surface area (Å²) in [7, 11) is -3.68. The molecule has 0 radical (unpaired) electrons. The van der Waals surface area contributed by atoms with Crippen molar-refractivity contribution >= 4 is 10.0 Å². The molecule has 0 spiro atoms. The summed E-state index contributed by atoms with van der Waals surface area (Å²) in [6, 6.07) is 13.5. The second-order valence-corrected chi connectivity index (χ2v) is 8.57. The van der Waals surface area contributed by atoms with Crippen LogP contribution in [0.3, 0.4) is 0 Å². The third-order valence-electron chi connectivity index (χ3n) is 4.15. The molecule has 0 saturated heterocycles. The van der Waals surface area contributed by atoms with E-state index in [0.717, 1.165) is 5.56 Å². The third kappa shape index (κ3) is 4.42. The Morgan fingerprint density at radius 1 is 1.12 bits per heavy atom. The minimum absolute atomic E-state index is 0.119. The highest BCUT2D eigenvalue weighted by Gasteiger charge is 2.26. The first-order chi connectivity index (χ1) is 11.1. The molecular weight excluding hydrogens is 325 g/mol. The number of halogens is 1. The van der Waals surface area contributed by atoms with Gasteiger partial charge >= 0.3 is 0 Å². The van der Waals surface area contributed by atoms with Crippen molar-refractivity contribution < 1.29 is 12.8 Å². The molecule has 0 aliphatic heterocycles. The quantitative estimate of drug-likeness (QED) is 0.851. The second-order valence-electron chi connectivity index (χ2n) is 6.89. The first kappa shape index (κ1) is 18.6. The number of aryl methyl sites for hydroxylation is 1. The van der Waals surface area contributed by atoms with Crippen molar-refractivity contribution in [2.45, 2.75) is 50.5 Å². The molecule has 0 aliphatic carbocycles. The van der Waals surface area contributed by atoms with Crippen LogP contribution in [0.25, 0.3) is 0 Å². The molecule has 0 fully saturated rings. The van der Waals surface area contributed by atoms with E-state index in [2.05, 4.69) is 18.6 Å². The van der Waals surface area contributed by atoms with E-state index in [4.69, 9.17) is 0 Å². The van der Waals surface area contributed by atoms with E-state index >= 15 is 0 Å². The van der Waals surface area contributed by atoms with Crippen LogP contribution in [0.1, 0.15) is 38.3 Å². The molecule has 24 heavy (non-hydrogen) atoms. The fraction of sp³-hybridized carbons (Fsp3) is 0.368. The molecule has 2 rings (SSSR count). The van der Waals surface area contributed by atoms with Crippen molar-refractivity contribution in [2.75, 3.05) is 0 Å². The summed E-state index contributed by atoms with van der Waals surface area (Å²) >= 11 is 0. The molecule has 2 aromatic rings. The largest absolute Gasteiger partial charge is 0.241 e. The zero-order valence-corrected chi connectivity index (χ0v) is 15.3. The normalized spacial score (nSPS) is 13.7. The SMILES string of the molecule is Cc1cc(F)ccc1S(=O)(=O)N[C@H](C)CC(C)(C)c1ccccc1. The van der Waals surface area contributed by atoms with Gasteiger partial charge in [0.05, 0.1) is 4.90 Å². The molecule has 0 unspecified atom stereocenters. The van der Waals surface area contributed by atoms with E-state index < -0.39 is 15.8 Å². The Morgan fingerprint density at radius 2 is 1.75 bits per heavy atom. The van der Waals surface area contributed by atoms with Crippen LogP contribution in [0.2, 0.25) is 0 Å². The smallest absolute Gasteiger partial charge is 0.208 e. The van der Waals surface area contributed by atoms with Gasteiger partial charge in [0.2, 0.25) is 10.0 Å². The van der Waals surface area contributed by atoms with Crippen molar-refractivity contribution in [3.63, 3.8) is 0 Å². The molecule has 0 aromatic heterocycles. The highest BCUT2D eigenvalue weighted by molar-refractivity contribution is 7.89. The molecule has 1 atom stereocenters. The van der Waals surface area contributed by atoms with Gasteiger partial charge in [-0.1, -0.05) is 44.2 Å². The van der Waals surface area contributed by atoms with Gasteiger partial charge in [-0.15, -0.1) is 0 Å². The van der Waals surface area contributed by atoms with Gasteiger partial charge in [-0.25, -0.2) is 17.5 Å². The molecule has 0 saturated carbocycles. The Morgan fingerprint density at radius 3 is 2.33 bits per heavy atom. The fourth-order valence-electron chi connectivity index (χ4n) is 3.06. The van der Waals surface area contributed by atoms with Crippen LogP contribution in [-0.2, 0) is 15.4 Å². The Balaban J connectivity index is 2.15. The number of hydrogen-bond donors (Lipinski definition) is 1. The van der Waals surface area contributed by atoms with Crippen molar-refractivity contribution in [2.24, 2.45) is 0 Å². The monoisotopic (exact) mass is 349 g/mol. The highest BCUT2D eigenvalue weighted by Crippen LogP contribution is 2.28. The number of benzene rings is 2. The summed E-state index contributed by atoms with van der Waals surface area (Å²) in [6.45, 7) is 7.63. The molecule has 0 aliphatic rings. The molecule has 0 amide bonds. The lowest BCUT2D eigenvalue weighted by atomic mass is 9.79. The van der Waals surface area contributed by atoms with E-state index in [0.29, 0.717) is 12.0 Å². The maximum absolute atomic E-state index is 13.2. The van der Waals surface area contributed by atoms with E-state index in [1.165, 1.54) is 18.2 Å². The lowest BCUT2D eigenvalue weighted by molar-refractivity contribution is 0.418.